The van der Waals surface area contributed by atoms with Gasteiger partial charge in [-0.05, 0) is 13.0 Å². The van der Waals surface area contributed by atoms with E-state index in [0.29, 0.717) is 12.4 Å². The van der Waals surface area contributed by atoms with Gasteiger partial charge in [-0.25, -0.2) is 0 Å². The second-order valence-corrected chi connectivity index (χ2v) is 1.73. The van der Waals surface area contributed by atoms with Crippen LogP contribution >= 0.6 is 0 Å². The van der Waals surface area contributed by atoms with Gasteiger partial charge in [-0.2, -0.15) is 4.98 Å². The smallest absolute Gasteiger partial charge is 0.226 e. The monoisotopic (exact) mass is 127 g/mol. The van der Waals surface area contributed by atoms with Crippen molar-refractivity contribution in [1.29, 1.82) is 0 Å². The molecule has 1 heterocycles. The van der Waals surface area contributed by atoms with Crippen LogP contribution in [0.3, 0.4) is 0 Å². The molecule has 0 aliphatic heterocycles. The van der Waals surface area contributed by atoms with Gasteiger partial charge in [0.05, 0.1) is 0 Å². The normalized spacial score (nSPS) is 9.89. The Bertz CT molecular complexity index is 149. The predicted molar refractivity (Wildman–Crippen MR) is 31.7 cm³/mol. The van der Waals surface area contributed by atoms with Crippen LogP contribution in [0.2, 0.25) is 0 Å². The first kappa shape index (κ1) is 6.22. The standard InChI is InChI=1S/C5H9N3O/c6-3-1-2-5-7-4-8-9-5/h4H,1-3,6H2. The van der Waals surface area contributed by atoms with Crippen molar-refractivity contribution in [3.05, 3.63) is 12.2 Å². The van der Waals surface area contributed by atoms with Crippen LogP contribution in [0, 0.1) is 0 Å². The minimum Gasteiger partial charge on any atom is -0.340 e. The van der Waals surface area contributed by atoms with E-state index in [2.05, 4.69) is 10.1 Å². The minimum atomic E-state index is 0.667. The Kier molecular flexibility index (Phi) is 2.21. The Morgan fingerprint density at radius 1 is 1.67 bits per heavy atom. The van der Waals surface area contributed by atoms with Crippen molar-refractivity contribution >= 4 is 0 Å². The summed E-state index contributed by atoms with van der Waals surface area (Å²) in [5.74, 6) is 0.667. The summed E-state index contributed by atoms with van der Waals surface area (Å²) >= 11 is 0. The molecule has 0 aliphatic rings. The van der Waals surface area contributed by atoms with Crippen molar-refractivity contribution in [2.45, 2.75) is 12.8 Å². The molecule has 1 aromatic heterocycles. The lowest BCUT2D eigenvalue weighted by molar-refractivity contribution is 0.375. The van der Waals surface area contributed by atoms with Crippen molar-refractivity contribution < 1.29 is 4.52 Å². The third kappa shape index (κ3) is 1.81. The quantitative estimate of drug-likeness (QED) is 0.618. The number of aryl methyl sites for hydroxylation is 1. The fourth-order valence-corrected chi connectivity index (χ4v) is 0.559. The molecule has 4 heteroatoms. The van der Waals surface area contributed by atoms with Crippen LogP contribution in [0.1, 0.15) is 12.3 Å². The van der Waals surface area contributed by atoms with E-state index < -0.39 is 0 Å². The van der Waals surface area contributed by atoms with Crippen LogP contribution in [-0.2, 0) is 6.42 Å². The van der Waals surface area contributed by atoms with E-state index in [1.165, 1.54) is 6.33 Å². The van der Waals surface area contributed by atoms with E-state index >= 15 is 0 Å². The number of nitrogens with two attached hydrogens (primary N) is 1. The Morgan fingerprint density at radius 2 is 2.56 bits per heavy atom. The molecule has 2 N–H and O–H groups in total. The van der Waals surface area contributed by atoms with Gasteiger partial charge in [0.1, 0.15) is 0 Å². The fraction of sp³-hybridized carbons (Fsp3) is 0.600. The van der Waals surface area contributed by atoms with Crippen LogP contribution < -0.4 is 5.73 Å². The summed E-state index contributed by atoms with van der Waals surface area (Å²) in [4.78, 5) is 3.82. The molecule has 1 rings (SSSR count). The Hall–Kier alpha value is -0.900. The minimum absolute atomic E-state index is 0.667. The lowest BCUT2D eigenvalue weighted by Crippen LogP contribution is -2.00. The molecule has 0 saturated heterocycles. The summed E-state index contributed by atoms with van der Waals surface area (Å²) < 4.78 is 4.72. The number of hydrogen-bond donors (Lipinski definition) is 1. The summed E-state index contributed by atoms with van der Waals surface area (Å²) in [6.07, 6.45) is 3.09. The second kappa shape index (κ2) is 3.19. The fourth-order valence-electron chi connectivity index (χ4n) is 0.559. The number of nitrogens with zero attached hydrogens (tertiary/aromatic N) is 2. The Labute approximate surface area is 53.1 Å². The van der Waals surface area contributed by atoms with Gasteiger partial charge >= 0.3 is 0 Å². The van der Waals surface area contributed by atoms with Crippen LogP contribution in [0.4, 0.5) is 0 Å². The van der Waals surface area contributed by atoms with E-state index in [4.69, 9.17) is 10.3 Å². The molecule has 0 atom stereocenters. The molecule has 0 spiro atoms. The van der Waals surface area contributed by atoms with Gasteiger partial charge in [0.2, 0.25) is 5.89 Å². The molecule has 0 bridgehead atoms. The first-order valence-electron chi connectivity index (χ1n) is 2.89. The van der Waals surface area contributed by atoms with Crippen molar-refractivity contribution in [3.8, 4) is 0 Å². The number of hydrogen-bond acceptors (Lipinski definition) is 4. The topological polar surface area (TPSA) is 64.9 Å². The van der Waals surface area contributed by atoms with Crippen LogP contribution in [0.5, 0.6) is 0 Å². The van der Waals surface area contributed by atoms with E-state index in [0.717, 1.165) is 12.8 Å². The molecule has 4 nitrogen and oxygen atoms in total. The molecule has 0 radical (unpaired) electrons. The van der Waals surface area contributed by atoms with Crippen molar-refractivity contribution in [1.82, 2.24) is 10.1 Å². The van der Waals surface area contributed by atoms with Crippen LogP contribution in [0.15, 0.2) is 10.9 Å². The molecule has 0 unspecified atom stereocenters. The lowest BCUT2D eigenvalue weighted by atomic mass is 10.3. The summed E-state index contributed by atoms with van der Waals surface area (Å²) in [6, 6.07) is 0. The average molecular weight is 127 g/mol. The second-order valence-electron chi connectivity index (χ2n) is 1.73. The summed E-state index contributed by atoms with van der Waals surface area (Å²) in [6.45, 7) is 0.669. The number of aromatic nitrogens is 2. The third-order valence-corrected chi connectivity index (χ3v) is 1.00. The number of rotatable bonds is 3. The van der Waals surface area contributed by atoms with Gasteiger partial charge in [0, 0.05) is 6.42 Å². The summed E-state index contributed by atoms with van der Waals surface area (Å²) in [5.41, 5.74) is 5.26. The average Bonchev–Trinajstić information content (AvgIpc) is 2.34. The van der Waals surface area contributed by atoms with Gasteiger partial charge in [-0.3, -0.25) is 0 Å². The Balaban J connectivity index is 2.30. The molecular weight excluding hydrogens is 118 g/mol. The molecule has 0 aromatic carbocycles. The molecule has 0 amide bonds. The zero-order valence-electron chi connectivity index (χ0n) is 5.08. The molecule has 0 aliphatic carbocycles. The molecule has 1 aromatic rings. The van der Waals surface area contributed by atoms with Gasteiger partial charge < -0.3 is 10.3 Å². The molecule has 0 fully saturated rings. The molecular formula is C5H9N3O. The molecule has 50 valence electrons. The van der Waals surface area contributed by atoms with E-state index in [-0.39, 0.29) is 0 Å². The third-order valence-electron chi connectivity index (χ3n) is 1.00. The largest absolute Gasteiger partial charge is 0.340 e. The summed E-state index contributed by atoms with van der Waals surface area (Å²) in [7, 11) is 0. The van der Waals surface area contributed by atoms with E-state index in [1.54, 1.807) is 0 Å². The Morgan fingerprint density at radius 3 is 3.11 bits per heavy atom. The maximum atomic E-state index is 5.26. The van der Waals surface area contributed by atoms with Crippen molar-refractivity contribution in [3.63, 3.8) is 0 Å². The van der Waals surface area contributed by atoms with Gasteiger partial charge in [-0.15, -0.1) is 0 Å². The maximum Gasteiger partial charge on any atom is 0.226 e. The van der Waals surface area contributed by atoms with Gasteiger partial charge in [0.25, 0.3) is 0 Å². The van der Waals surface area contributed by atoms with E-state index in [1.807, 2.05) is 0 Å². The van der Waals surface area contributed by atoms with Gasteiger partial charge in [0.15, 0.2) is 6.33 Å². The van der Waals surface area contributed by atoms with Crippen molar-refractivity contribution in [2.24, 2.45) is 5.73 Å². The highest BCUT2D eigenvalue weighted by Crippen LogP contribution is 1.93. The zero-order valence-corrected chi connectivity index (χ0v) is 5.08. The van der Waals surface area contributed by atoms with Crippen molar-refractivity contribution in [2.75, 3.05) is 6.54 Å². The van der Waals surface area contributed by atoms with Crippen LogP contribution in [0.25, 0.3) is 0 Å². The first-order chi connectivity index (χ1) is 4.43. The highest BCUT2D eigenvalue weighted by atomic mass is 16.5. The first-order valence-corrected chi connectivity index (χ1v) is 2.89. The molecule has 0 saturated carbocycles. The SMILES string of the molecule is NCCCc1ncno1. The predicted octanol–water partition coefficient (Wildman–Crippen LogP) is -0.0391. The van der Waals surface area contributed by atoms with Crippen LogP contribution in [-0.4, -0.2) is 16.7 Å². The highest BCUT2D eigenvalue weighted by Gasteiger charge is 1.94. The van der Waals surface area contributed by atoms with E-state index in [9.17, 15) is 0 Å². The maximum absolute atomic E-state index is 5.26. The molecule has 9 heavy (non-hydrogen) atoms. The lowest BCUT2D eigenvalue weighted by Gasteiger charge is -1.87. The highest BCUT2D eigenvalue weighted by molar-refractivity contribution is 4.73. The van der Waals surface area contributed by atoms with Gasteiger partial charge in [-0.1, -0.05) is 5.16 Å². The summed E-state index contributed by atoms with van der Waals surface area (Å²) in [5, 5.41) is 3.45. The zero-order chi connectivity index (χ0) is 6.53.